The van der Waals surface area contributed by atoms with E-state index in [9.17, 15) is 18.0 Å². The predicted molar refractivity (Wildman–Crippen MR) is 131 cm³/mol. The number of hydrogen-bond donors (Lipinski definition) is 1. The highest BCUT2D eigenvalue weighted by molar-refractivity contribution is 7.89. The van der Waals surface area contributed by atoms with Crippen molar-refractivity contribution >= 4 is 27.6 Å². The van der Waals surface area contributed by atoms with Gasteiger partial charge in [-0.05, 0) is 33.6 Å². The largest absolute Gasteiger partial charge is 0.497 e. The number of rotatable bonds is 8. The Balaban J connectivity index is 1.87. The number of nitrogens with zero attached hydrogens (tertiary/aromatic N) is 2. The van der Waals surface area contributed by atoms with E-state index in [0.717, 1.165) is 0 Å². The van der Waals surface area contributed by atoms with Crippen LogP contribution >= 0.6 is 0 Å². The van der Waals surface area contributed by atoms with Crippen molar-refractivity contribution in [2.24, 2.45) is 13.0 Å². The van der Waals surface area contributed by atoms with Crippen LogP contribution in [0.25, 0.3) is 0 Å². The molecule has 11 heteroatoms. The maximum Gasteiger partial charge on any atom is 0.341 e. The Bertz CT molecular complexity index is 1200. The number of anilines is 1. The lowest BCUT2D eigenvalue weighted by Crippen LogP contribution is -2.44. The van der Waals surface area contributed by atoms with E-state index in [4.69, 9.17) is 14.2 Å². The summed E-state index contributed by atoms with van der Waals surface area (Å²) in [5.74, 6) is -0.493. The van der Waals surface area contributed by atoms with Crippen LogP contribution in [0.2, 0.25) is 0 Å². The fraction of sp³-hybridized carbons (Fsp3) is 0.500. The Morgan fingerprint density at radius 2 is 1.71 bits per heavy atom. The van der Waals surface area contributed by atoms with Crippen LogP contribution in [0.3, 0.4) is 0 Å². The van der Waals surface area contributed by atoms with Crippen LogP contribution in [0.1, 0.15) is 41.5 Å². The number of nitrogens with one attached hydrogen (secondary N) is 1. The summed E-state index contributed by atoms with van der Waals surface area (Å²) in [4.78, 5) is 25.7. The van der Waals surface area contributed by atoms with Crippen LogP contribution in [-0.2, 0) is 26.6 Å². The van der Waals surface area contributed by atoms with Crippen LogP contribution < -0.4 is 14.8 Å². The molecule has 3 rings (SSSR count). The molecule has 192 valence electrons. The molecule has 0 saturated carbocycles. The first-order valence-corrected chi connectivity index (χ1v) is 12.9. The maximum absolute atomic E-state index is 13.7. The van der Waals surface area contributed by atoms with Crippen LogP contribution in [-0.4, -0.2) is 63.1 Å². The molecule has 1 amide bonds. The van der Waals surface area contributed by atoms with Crippen LogP contribution in [0, 0.1) is 19.8 Å². The minimum Gasteiger partial charge on any atom is -0.497 e. The summed E-state index contributed by atoms with van der Waals surface area (Å²) >= 11 is 0. The van der Waals surface area contributed by atoms with Gasteiger partial charge in [0.25, 0.3) is 0 Å². The smallest absolute Gasteiger partial charge is 0.341 e. The number of carbonyl (C=O) groups excluding carboxylic acids is 2. The van der Waals surface area contributed by atoms with Gasteiger partial charge in [-0.25, -0.2) is 13.2 Å². The average Bonchev–Trinajstić information content (AvgIpc) is 3.08. The lowest BCUT2D eigenvalue weighted by atomic mass is 9.98. The third-order valence-corrected chi connectivity index (χ3v) is 8.40. The molecule has 1 aliphatic rings. The second-order valence-electron chi connectivity index (χ2n) is 8.45. The standard InChI is InChI=1S/C24H33N3O7S/c1-7-34-24(29)21-15(2)26(4)16(3)22(21)35(30,31)27-10-8-9-17(14-27)23(28)25-18-11-19(32-5)13-20(12-18)33-6/h11-13,17H,7-10,14H2,1-6H3,(H,25,28)/t17-/m0/s1. The maximum atomic E-state index is 13.7. The van der Waals surface area contributed by atoms with E-state index in [0.29, 0.717) is 41.4 Å². The Hall–Kier alpha value is -3.05. The number of benzene rings is 1. The van der Waals surface area contributed by atoms with Gasteiger partial charge in [-0.1, -0.05) is 0 Å². The molecule has 1 aliphatic heterocycles. The fourth-order valence-corrected chi connectivity index (χ4v) is 6.31. The van der Waals surface area contributed by atoms with Crippen LogP contribution in [0.15, 0.2) is 23.1 Å². The SMILES string of the molecule is CCOC(=O)c1c(S(=O)(=O)N2CCC[C@H](C(=O)Nc3cc(OC)cc(OC)c3)C2)c(C)n(C)c1C. The number of amides is 1. The van der Waals surface area contributed by atoms with Crippen molar-refractivity contribution in [1.82, 2.24) is 8.87 Å². The summed E-state index contributed by atoms with van der Waals surface area (Å²) in [6.45, 7) is 5.41. The van der Waals surface area contributed by atoms with Gasteiger partial charge < -0.3 is 24.1 Å². The number of sulfonamides is 1. The molecule has 1 fully saturated rings. The first-order valence-electron chi connectivity index (χ1n) is 11.4. The van der Waals surface area contributed by atoms with E-state index < -0.39 is 21.9 Å². The zero-order valence-electron chi connectivity index (χ0n) is 21.0. The van der Waals surface area contributed by atoms with E-state index in [1.54, 1.807) is 50.6 Å². The van der Waals surface area contributed by atoms with Crippen LogP contribution in [0.4, 0.5) is 5.69 Å². The Kier molecular flexibility index (Phi) is 8.11. The van der Waals surface area contributed by atoms with Crippen molar-refractivity contribution < 1.29 is 32.2 Å². The molecule has 0 unspecified atom stereocenters. The van der Waals surface area contributed by atoms with Crippen molar-refractivity contribution in [3.05, 3.63) is 35.2 Å². The molecular formula is C24H33N3O7S. The molecule has 0 aliphatic carbocycles. The highest BCUT2D eigenvalue weighted by Crippen LogP contribution is 2.33. The van der Waals surface area contributed by atoms with E-state index in [1.807, 2.05) is 0 Å². The molecule has 0 spiro atoms. The third kappa shape index (κ3) is 5.30. The van der Waals surface area contributed by atoms with Gasteiger partial charge in [-0.15, -0.1) is 0 Å². The predicted octanol–water partition coefficient (Wildman–Crippen LogP) is 2.88. The average molecular weight is 508 g/mol. The van der Waals surface area contributed by atoms with Gasteiger partial charge in [0.1, 0.15) is 22.0 Å². The molecule has 2 heterocycles. The van der Waals surface area contributed by atoms with Crippen molar-refractivity contribution in [2.75, 3.05) is 39.2 Å². The van der Waals surface area contributed by atoms with Crippen molar-refractivity contribution in [3.63, 3.8) is 0 Å². The van der Waals surface area contributed by atoms with E-state index in [1.165, 1.54) is 18.5 Å². The summed E-state index contributed by atoms with van der Waals surface area (Å²) in [5, 5.41) is 2.85. The summed E-state index contributed by atoms with van der Waals surface area (Å²) in [6, 6.07) is 5.02. The summed E-state index contributed by atoms with van der Waals surface area (Å²) in [5.41, 5.74) is 1.49. The second-order valence-corrected chi connectivity index (χ2v) is 10.3. The van der Waals surface area contributed by atoms with Gasteiger partial charge in [-0.2, -0.15) is 4.31 Å². The quantitative estimate of drug-likeness (QED) is 0.546. The number of carbonyl (C=O) groups is 2. The Labute approximate surface area is 206 Å². The normalized spacial score (nSPS) is 16.6. The molecular weight excluding hydrogens is 474 g/mol. The summed E-state index contributed by atoms with van der Waals surface area (Å²) in [7, 11) is 0.684. The molecule has 1 atom stereocenters. The van der Waals surface area contributed by atoms with Crippen molar-refractivity contribution in [1.29, 1.82) is 0 Å². The molecule has 0 bridgehead atoms. The van der Waals surface area contributed by atoms with E-state index in [2.05, 4.69) is 5.32 Å². The molecule has 0 radical (unpaired) electrons. The number of piperidine rings is 1. The summed E-state index contributed by atoms with van der Waals surface area (Å²) < 4.78 is 46.1. The van der Waals surface area contributed by atoms with Gasteiger partial charge in [0.2, 0.25) is 15.9 Å². The fourth-order valence-electron chi connectivity index (χ4n) is 4.30. The zero-order valence-corrected chi connectivity index (χ0v) is 21.8. The Morgan fingerprint density at radius 3 is 2.29 bits per heavy atom. The molecule has 1 N–H and O–H groups in total. The molecule has 1 saturated heterocycles. The van der Waals surface area contributed by atoms with Gasteiger partial charge >= 0.3 is 5.97 Å². The lowest BCUT2D eigenvalue weighted by Gasteiger charge is -2.31. The molecule has 1 aromatic heterocycles. The van der Waals surface area contributed by atoms with Crippen molar-refractivity contribution in [2.45, 2.75) is 38.5 Å². The van der Waals surface area contributed by atoms with Gasteiger partial charge in [0.05, 0.1) is 26.7 Å². The number of hydrogen-bond acceptors (Lipinski definition) is 7. The van der Waals surface area contributed by atoms with Gasteiger partial charge in [0.15, 0.2) is 0 Å². The van der Waals surface area contributed by atoms with Crippen molar-refractivity contribution in [3.8, 4) is 11.5 Å². The topological polar surface area (TPSA) is 116 Å². The highest BCUT2D eigenvalue weighted by atomic mass is 32.2. The molecule has 35 heavy (non-hydrogen) atoms. The number of ether oxygens (including phenoxy) is 3. The van der Waals surface area contributed by atoms with Crippen LogP contribution in [0.5, 0.6) is 11.5 Å². The number of esters is 1. The third-order valence-electron chi connectivity index (χ3n) is 6.38. The minimum atomic E-state index is -4.06. The lowest BCUT2D eigenvalue weighted by molar-refractivity contribution is -0.120. The second kappa shape index (κ2) is 10.7. The first-order chi connectivity index (χ1) is 16.5. The Morgan fingerprint density at radius 1 is 1.09 bits per heavy atom. The number of aromatic nitrogens is 1. The molecule has 1 aromatic carbocycles. The zero-order chi connectivity index (χ0) is 25.9. The van der Waals surface area contributed by atoms with Gasteiger partial charge in [0, 0.05) is 55.4 Å². The van der Waals surface area contributed by atoms with Gasteiger partial charge in [-0.3, -0.25) is 4.79 Å². The molecule has 10 nitrogen and oxygen atoms in total. The monoisotopic (exact) mass is 507 g/mol. The minimum absolute atomic E-state index is 0.00488. The molecule has 2 aromatic rings. The summed E-state index contributed by atoms with van der Waals surface area (Å²) in [6.07, 6.45) is 1.05. The first kappa shape index (κ1) is 26.6. The number of methoxy groups -OCH3 is 2. The van der Waals surface area contributed by atoms with E-state index >= 15 is 0 Å². The van der Waals surface area contributed by atoms with E-state index in [-0.39, 0.29) is 36.1 Å². The highest BCUT2D eigenvalue weighted by Gasteiger charge is 2.39.